The Labute approximate surface area is 115 Å². The normalized spacial score (nSPS) is 14.1. The highest BCUT2D eigenvalue weighted by Crippen LogP contribution is 2.28. The third-order valence-corrected chi connectivity index (χ3v) is 3.98. The van der Waals surface area contributed by atoms with Gasteiger partial charge in [-0.1, -0.05) is 12.1 Å². The molecule has 1 aromatic heterocycles. The number of carbonyl (C=O) groups excluding carboxylic acids is 1. The molecule has 19 heavy (non-hydrogen) atoms. The second-order valence-electron chi connectivity index (χ2n) is 4.45. The molecule has 0 N–H and O–H groups in total. The van der Waals surface area contributed by atoms with Gasteiger partial charge in [0.25, 0.3) is 5.91 Å². The monoisotopic (exact) mass is 274 g/mol. The van der Waals surface area contributed by atoms with Gasteiger partial charge in [0.05, 0.1) is 12.6 Å². The molecule has 2 aromatic rings. The highest BCUT2D eigenvalue weighted by molar-refractivity contribution is 7.07. The van der Waals surface area contributed by atoms with Crippen LogP contribution in [0.4, 0.5) is 0 Å². The third kappa shape index (κ3) is 2.21. The van der Waals surface area contributed by atoms with Crippen LogP contribution in [0, 0.1) is 0 Å². The first-order chi connectivity index (χ1) is 9.29. The lowest BCUT2D eigenvalue weighted by Gasteiger charge is -2.29. The molecule has 5 heteroatoms. The number of nitrogens with zero attached hydrogens (tertiary/aromatic N) is 2. The predicted molar refractivity (Wildman–Crippen MR) is 73.6 cm³/mol. The number of ether oxygens (including phenoxy) is 1. The van der Waals surface area contributed by atoms with Gasteiger partial charge in [0.15, 0.2) is 0 Å². The Morgan fingerprint density at radius 2 is 2.37 bits per heavy atom. The summed E-state index contributed by atoms with van der Waals surface area (Å²) < 4.78 is 5.38. The minimum atomic E-state index is -0.00203. The summed E-state index contributed by atoms with van der Waals surface area (Å²) in [6, 6.07) is 6.04. The number of aromatic nitrogens is 1. The predicted octanol–water partition coefficient (Wildman–Crippen LogP) is 2.35. The van der Waals surface area contributed by atoms with Gasteiger partial charge in [-0.25, -0.2) is 4.98 Å². The average Bonchev–Trinajstić information content (AvgIpc) is 2.99. The van der Waals surface area contributed by atoms with Crippen molar-refractivity contribution >= 4 is 17.2 Å². The van der Waals surface area contributed by atoms with Crippen molar-refractivity contribution in [3.63, 3.8) is 0 Å². The first kappa shape index (κ1) is 12.2. The Bertz CT molecular complexity index is 581. The summed E-state index contributed by atoms with van der Waals surface area (Å²) in [5.74, 6) is 0.853. The van der Waals surface area contributed by atoms with Gasteiger partial charge in [0.2, 0.25) is 0 Å². The summed E-state index contributed by atoms with van der Waals surface area (Å²) >= 11 is 1.44. The molecule has 1 aliphatic heterocycles. The number of hydrogen-bond acceptors (Lipinski definition) is 4. The maximum atomic E-state index is 12.3. The molecule has 98 valence electrons. The number of fused-ring (bicyclic) bond motifs is 1. The van der Waals surface area contributed by atoms with E-state index in [2.05, 4.69) is 11.1 Å². The van der Waals surface area contributed by atoms with Crippen molar-refractivity contribution in [2.75, 3.05) is 13.7 Å². The number of hydrogen-bond donors (Lipinski definition) is 0. The fraction of sp³-hybridized carbons (Fsp3) is 0.286. The largest absolute Gasteiger partial charge is 0.496 e. The summed E-state index contributed by atoms with van der Waals surface area (Å²) in [5, 5.41) is 1.79. The number of thiazole rings is 1. The van der Waals surface area contributed by atoms with Crippen LogP contribution in [0.1, 0.15) is 21.6 Å². The molecule has 1 aliphatic rings. The van der Waals surface area contributed by atoms with Gasteiger partial charge in [-0.05, 0) is 18.1 Å². The number of carbonyl (C=O) groups is 1. The zero-order valence-electron chi connectivity index (χ0n) is 10.6. The van der Waals surface area contributed by atoms with E-state index in [-0.39, 0.29) is 5.91 Å². The van der Waals surface area contributed by atoms with E-state index in [0.29, 0.717) is 12.2 Å². The topological polar surface area (TPSA) is 42.4 Å². The van der Waals surface area contributed by atoms with Crippen molar-refractivity contribution in [1.82, 2.24) is 9.88 Å². The van der Waals surface area contributed by atoms with Crippen molar-refractivity contribution in [2.24, 2.45) is 0 Å². The lowest BCUT2D eigenvalue weighted by atomic mass is 9.98. The molecule has 2 heterocycles. The Hall–Kier alpha value is -1.88. The van der Waals surface area contributed by atoms with Gasteiger partial charge in [0, 0.05) is 24.0 Å². The zero-order chi connectivity index (χ0) is 13.2. The van der Waals surface area contributed by atoms with Gasteiger partial charge < -0.3 is 9.64 Å². The van der Waals surface area contributed by atoms with Gasteiger partial charge in [-0.2, -0.15) is 0 Å². The van der Waals surface area contributed by atoms with Crippen molar-refractivity contribution in [3.8, 4) is 5.75 Å². The van der Waals surface area contributed by atoms with E-state index in [1.165, 1.54) is 16.9 Å². The SMILES string of the molecule is COc1cccc2c1CN(C(=O)c1cscn1)CC2. The molecule has 0 atom stereocenters. The molecular weight excluding hydrogens is 260 g/mol. The van der Waals surface area contributed by atoms with Crippen LogP contribution in [0.2, 0.25) is 0 Å². The van der Waals surface area contributed by atoms with Gasteiger partial charge >= 0.3 is 0 Å². The summed E-state index contributed by atoms with van der Waals surface area (Å²) in [6.07, 6.45) is 0.864. The third-order valence-electron chi connectivity index (χ3n) is 3.39. The molecule has 0 radical (unpaired) electrons. The van der Waals surface area contributed by atoms with Crippen LogP contribution in [0.15, 0.2) is 29.1 Å². The lowest BCUT2D eigenvalue weighted by molar-refractivity contribution is 0.0728. The average molecular weight is 274 g/mol. The first-order valence-electron chi connectivity index (χ1n) is 6.12. The van der Waals surface area contributed by atoms with Crippen LogP contribution in [0.3, 0.4) is 0 Å². The van der Waals surface area contributed by atoms with Crippen LogP contribution in [-0.4, -0.2) is 29.4 Å². The number of benzene rings is 1. The zero-order valence-corrected chi connectivity index (χ0v) is 11.4. The minimum absolute atomic E-state index is 0.00203. The fourth-order valence-electron chi connectivity index (χ4n) is 2.39. The minimum Gasteiger partial charge on any atom is -0.496 e. The van der Waals surface area contributed by atoms with Gasteiger partial charge in [0.1, 0.15) is 11.4 Å². The molecular formula is C14H14N2O2S. The van der Waals surface area contributed by atoms with Crippen LogP contribution >= 0.6 is 11.3 Å². The fourth-order valence-corrected chi connectivity index (χ4v) is 2.92. The van der Waals surface area contributed by atoms with Crippen LogP contribution < -0.4 is 4.74 Å². The van der Waals surface area contributed by atoms with E-state index >= 15 is 0 Å². The molecule has 0 spiro atoms. The number of rotatable bonds is 2. The lowest BCUT2D eigenvalue weighted by Crippen LogP contribution is -2.36. The van der Waals surface area contributed by atoms with E-state index in [9.17, 15) is 4.79 Å². The van der Waals surface area contributed by atoms with E-state index in [4.69, 9.17) is 4.74 Å². The Balaban J connectivity index is 1.87. The molecule has 4 nitrogen and oxygen atoms in total. The van der Waals surface area contributed by atoms with Gasteiger partial charge in [-0.3, -0.25) is 4.79 Å². The van der Waals surface area contributed by atoms with Gasteiger partial charge in [-0.15, -0.1) is 11.3 Å². The van der Waals surface area contributed by atoms with Crippen molar-refractivity contribution < 1.29 is 9.53 Å². The quantitative estimate of drug-likeness (QED) is 0.844. The molecule has 3 rings (SSSR count). The maximum Gasteiger partial charge on any atom is 0.273 e. The second kappa shape index (κ2) is 5.01. The van der Waals surface area contributed by atoms with E-state index in [0.717, 1.165) is 24.3 Å². The molecule has 0 saturated heterocycles. The van der Waals surface area contributed by atoms with Crippen LogP contribution in [0.25, 0.3) is 0 Å². The Morgan fingerprint density at radius 1 is 1.47 bits per heavy atom. The summed E-state index contributed by atoms with van der Waals surface area (Å²) in [7, 11) is 1.66. The van der Waals surface area contributed by atoms with E-state index < -0.39 is 0 Å². The summed E-state index contributed by atoms with van der Waals surface area (Å²) in [4.78, 5) is 18.2. The highest BCUT2D eigenvalue weighted by atomic mass is 32.1. The molecule has 0 bridgehead atoms. The standard InChI is InChI=1S/C14H14N2O2S/c1-18-13-4-2-3-10-5-6-16(7-11(10)13)14(17)12-8-19-9-15-12/h2-4,8-9H,5-7H2,1H3. The first-order valence-corrected chi connectivity index (χ1v) is 7.06. The number of amides is 1. The molecule has 0 saturated carbocycles. The Kier molecular flexibility index (Phi) is 3.21. The highest BCUT2D eigenvalue weighted by Gasteiger charge is 2.24. The number of methoxy groups -OCH3 is 1. The van der Waals surface area contributed by atoms with Crippen LogP contribution in [-0.2, 0) is 13.0 Å². The second-order valence-corrected chi connectivity index (χ2v) is 5.17. The molecule has 0 fully saturated rings. The van der Waals surface area contributed by atoms with Crippen LogP contribution in [0.5, 0.6) is 5.75 Å². The Morgan fingerprint density at radius 3 is 3.11 bits per heavy atom. The van der Waals surface area contributed by atoms with E-state index in [1.54, 1.807) is 18.0 Å². The molecule has 1 amide bonds. The van der Waals surface area contributed by atoms with Crippen molar-refractivity contribution in [2.45, 2.75) is 13.0 Å². The van der Waals surface area contributed by atoms with E-state index in [1.807, 2.05) is 17.0 Å². The molecule has 1 aromatic carbocycles. The molecule has 0 aliphatic carbocycles. The van der Waals surface area contributed by atoms with Crippen molar-refractivity contribution in [1.29, 1.82) is 0 Å². The summed E-state index contributed by atoms with van der Waals surface area (Å²) in [6.45, 7) is 1.33. The summed E-state index contributed by atoms with van der Waals surface area (Å²) in [5.41, 5.74) is 4.59. The maximum absolute atomic E-state index is 12.3. The smallest absolute Gasteiger partial charge is 0.273 e. The van der Waals surface area contributed by atoms with Crippen molar-refractivity contribution in [3.05, 3.63) is 45.9 Å². The molecule has 0 unspecified atom stereocenters.